The molecule has 0 aliphatic rings. The maximum atomic E-state index is 10.7. The van der Waals surface area contributed by atoms with Crippen molar-refractivity contribution in [2.24, 2.45) is 0 Å². The van der Waals surface area contributed by atoms with Gasteiger partial charge in [0.15, 0.2) is 0 Å². The van der Waals surface area contributed by atoms with Crippen molar-refractivity contribution >= 4 is 16.6 Å². The summed E-state index contributed by atoms with van der Waals surface area (Å²) < 4.78 is 5.30. The van der Waals surface area contributed by atoms with E-state index in [1.54, 1.807) is 12.1 Å². The Hall–Kier alpha value is -3.48. The molecule has 0 aliphatic heterocycles. The molecule has 0 aliphatic carbocycles. The largest absolute Gasteiger partial charge is 0.361 e. The summed E-state index contributed by atoms with van der Waals surface area (Å²) in [6.07, 6.45) is 1.87. The fourth-order valence-electron chi connectivity index (χ4n) is 2.38. The Bertz CT molecular complexity index is 1000. The summed E-state index contributed by atoms with van der Waals surface area (Å²) in [5.74, 6) is 0.797. The van der Waals surface area contributed by atoms with Gasteiger partial charge < -0.3 is 9.51 Å². The molecule has 4 aromatic rings. The minimum absolute atomic E-state index is 0.0235. The number of rotatable bonds is 3. The van der Waals surface area contributed by atoms with E-state index in [-0.39, 0.29) is 5.69 Å². The summed E-state index contributed by atoms with van der Waals surface area (Å²) in [4.78, 5) is 17.7. The quantitative estimate of drug-likeness (QED) is 0.458. The maximum absolute atomic E-state index is 10.7. The molecular formula is C16H10N4O3. The molecule has 0 saturated heterocycles. The van der Waals surface area contributed by atoms with Gasteiger partial charge in [0.25, 0.3) is 11.6 Å². The van der Waals surface area contributed by atoms with Crippen LogP contribution < -0.4 is 0 Å². The first-order valence-corrected chi connectivity index (χ1v) is 6.87. The molecule has 1 N–H and O–H groups in total. The molecule has 0 bridgehead atoms. The Balaban J connectivity index is 1.69. The van der Waals surface area contributed by atoms with E-state index in [2.05, 4.69) is 15.1 Å². The average Bonchev–Trinajstić information content (AvgIpc) is 3.23. The van der Waals surface area contributed by atoms with Crippen LogP contribution in [0, 0.1) is 10.1 Å². The molecule has 2 heterocycles. The van der Waals surface area contributed by atoms with Crippen LogP contribution in [0.2, 0.25) is 0 Å². The Morgan fingerprint density at radius 3 is 2.61 bits per heavy atom. The second-order valence-electron chi connectivity index (χ2n) is 5.01. The first kappa shape index (κ1) is 13.2. The van der Waals surface area contributed by atoms with E-state index in [0.717, 1.165) is 16.5 Å². The summed E-state index contributed by atoms with van der Waals surface area (Å²) in [7, 11) is 0. The highest BCUT2D eigenvalue weighted by molar-refractivity contribution is 5.83. The van der Waals surface area contributed by atoms with Crippen molar-refractivity contribution in [3.8, 4) is 22.8 Å². The molecule has 0 atom stereocenters. The predicted octanol–water partition coefficient (Wildman–Crippen LogP) is 3.79. The van der Waals surface area contributed by atoms with E-state index in [4.69, 9.17) is 4.52 Å². The van der Waals surface area contributed by atoms with Gasteiger partial charge in [0.1, 0.15) is 0 Å². The SMILES string of the molecule is O=[N+]([O-])c1ccc(-c2noc(-c3ccc4[nH]ccc4c3)n2)cc1. The zero-order valence-electron chi connectivity index (χ0n) is 11.8. The molecule has 0 radical (unpaired) electrons. The van der Waals surface area contributed by atoms with E-state index in [0.29, 0.717) is 17.3 Å². The highest BCUT2D eigenvalue weighted by atomic mass is 16.6. The van der Waals surface area contributed by atoms with Crippen molar-refractivity contribution in [3.63, 3.8) is 0 Å². The molecule has 23 heavy (non-hydrogen) atoms. The third-order valence-electron chi connectivity index (χ3n) is 3.56. The molecule has 0 saturated carbocycles. The zero-order chi connectivity index (χ0) is 15.8. The highest BCUT2D eigenvalue weighted by Crippen LogP contribution is 2.26. The lowest BCUT2D eigenvalue weighted by Crippen LogP contribution is -1.87. The van der Waals surface area contributed by atoms with Crippen LogP contribution in [0.5, 0.6) is 0 Å². The van der Waals surface area contributed by atoms with E-state index < -0.39 is 4.92 Å². The molecule has 0 spiro atoms. The van der Waals surface area contributed by atoms with Crippen LogP contribution in [0.25, 0.3) is 33.7 Å². The van der Waals surface area contributed by atoms with Crippen LogP contribution in [0.3, 0.4) is 0 Å². The number of nitrogens with one attached hydrogen (secondary N) is 1. The number of fused-ring (bicyclic) bond motifs is 1. The number of benzene rings is 2. The van der Waals surface area contributed by atoms with Crippen molar-refractivity contribution in [1.82, 2.24) is 15.1 Å². The van der Waals surface area contributed by atoms with E-state index in [1.165, 1.54) is 12.1 Å². The summed E-state index contributed by atoms with van der Waals surface area (Å²) in [6.45, 7) is 0. The molecule has 2 aromatic heterocycles. The van der Waals surface area contributed by atoms with Gasteiger partial charge >= 0.3 is 0 Å². The molecule has 0 amide bonds. The minimum atomic E-state index is -0.447. The predicted molar refractivity (Wildman–Crippen MR) is 83.7 cm³/mol. The molecule has 0 fully saturated rings. The van der Waals surface area contributed by atoms with E-state index >= 15 is 0 Å². The molecule has 7 heteroatoms. The molecule has 2 aromatic carbocycles. The van der Waals surface area contributed by atoms with Crippen LogP contribution in [-0.4, -0.2) is 20.0 Å². The standard InChI is InChI=1S/C16H10N4O3/c21-20(22)13-4-1-10(2-5-13)15-18-16(23-19-15)12-3-6-14-11(9-12)7-8-17-14/h1-9,17H. The van der Waals surface area contributed by atoms with Gasteiger partial charge in [-0.05, 0) is 36.4 Å². The smallest absolute Gasteiger partial charge is 0.269 e. The van der Waals surface area contributed by atoms with E-state index in [9.17, 15) is 10.1 Å². The summed E-state index contributed by atoms with van der Waals surface area (Å²) in [6, 6.07) is 13.8. The van der Waals surface area contributed by atoms with Crippen LogP contribution in [-0.2, 0) is 0 Å². The van der Waals surface area contributed by atoms with Crippen molar-refractivity contribution < 1.29 is 9.45 Å². The van der Waals surface area contributed by atoms with Gasteiger partial charge in [-0.25, -0.2) is 0 Å². The summed E-state index contributed by atoms with van der Waals surface area (Å²) in [5.41, 5.74) is 2.53. The number of nitro benzene ring substituents is 1. The van der Waals surface area contributed by atoms with Gasteiger partial charge in [0, 0.05) is 40.4 Å². The fourth-order valence-corrected chi connectivity index (χ4v) is 2.38. The number of H-pyrrole nitrogens is 1. The highest BCUT2D eigenvalue weighted by Gasteiger charge is 2.12. The number of nitro groups is 1. The van der Waals surface area contributed by atoms with Crippen molar-refractivity contribution in [1.29, 1.82) is 0 Å². The summed E-state index contributed by atoms with van der Waals surface area (Å²) in [5, 5.41) is 15.7. The van der Waals surface area contributed by atoms with E-state index in [1.807, 2.05) is 30.5 Å². The molecule has 7 nitrogen and oxygen atoms in total. The monoisotopic (exact) mass is 306 g/mol. The first-order valence-electron chi connectivity index (χ1n) is 6.87. The molecular weight excluding hydrogens is 296 g/mol. The number of hydrogen-bond acceptors (Lipinski definition) is 5. The lowest BCUT2D eigenvalue weighted by molar-refractivity contribution is -0.384. The third kappa shape index (κ3) is 2.34. The number of aromatic amines is 1. The van der Waals surface area contributed by atoms with Gasteiger partial charge in [-0.15, -0.1) is 0 Å². The average molecular weight is 306 g/mol. The molecule has 112 valence electrons. The lowest BCUT2D eigenvalue weighted by atomic mass is 10.1. The Labute approximate surface area is 129 Å². The van der Waals surface area contributed by atoms with Crippen molar-refractivity contribution in [2.45, 2.75) is 0 Å². The number of hydrogen-bond donors (Lipinski definition) is 1. The normalized spacial score (nSPS) is 11.0. The Kier molecular flexibility index (Phi) is 2.90. The number of non-ortho nitro benzene ring substituents is 1. The third-order valence-corrected chi connectivity index (χ3v) is 3.56. The van der Waals surface area contributed by atoms with Gasteiger partial charge in [-0.2, -0.15) is 4.98 Å². The fraction of sp³-hybridized carbons (Fsp3) is 0. The van der Waals surface area contributed by atoms with Crippen molar-refractivity contribution in [3.05, 3.63) is 64.8 Å². The van der Waals surface area contributed by atoms with Crippen LogP contribution >= 0.6 is 0 Å². The molecule has 0 unspecified atom stereocenters. The van der Waals surface area contributed by atoms with Gasteiger partial charge in [-0.1, -0.05) is 5.16 Å². The molecule has 4 rings (SSSR count). The van der Waals surface area contributed by atoms with Crippen LogP contribution in [0.4, 0.5) is 5.69 Å². The van der Waals surface area contributed by atoms with Gasteiger partial charge in [0.2, 0.25) is 5.82 Å². The van der Waals surface area contributed by atoms with Crippen LogP contribution in [0.1, 0.15) is 0 Å². The Morgan fingerprint density at radius 1 is 1.04 bits per heavy atom. The maximum Gasteiger partial charge on any atom is 0.269 e. The topological polar surface area (TPSA) is 97.9 Å². The lowest BCUT2D eigenvalue weighted by Gasteiger charge is -1.95. The number of nitrogens with zero attached hydrogens (tertiary/aromatic N) is 3. The first-order chi connectivity index (χ1) is 11.2. The van der Waals surface area contributed by atoms with Gasteiger partial charge in [-0.3, -0.25) is 10.1 Å². The zero-order valence-corrected chi connectivity index (χ0v) is 11.8. The van der Waals surface area contributed by atoms with Crippen molar-refractivity contribution in [2.75, 3.05) is 0 Å². The van der Waals surface area contributed by atoms with Gasteiger partial charge in [0.05, 0.1) is 4.92 Å². The number of aromatic nitrogens is 3. The van der Waals surface area contributed by atoms with Crippen LogP contribution in [0.15, 0.2) is 59.3 Å². The minimum Gasteiger partial charge on any atom is -0.361 e. The second-order valence-corrected chi connectivity index (χ2v) is 5.01. The Morgan fingerprint density at radius 2 is 1.83 bits per heavy atom. The second kappa shape index (κ2) is 5.06. The summed E-state index contributed by atoms with van der Waals surface area (Å²) >= 11 is 0.